The quantitative estimate of drug-likeness (QED) is 0.688. The van der Waals surface area contributed by atoms with Gasteiger partial charge in [-0.1, -0.05) is 0 Å². The number of alkyl halides is 2. The minimum Gasteiger partial charge on any atom is -0.462 e. The third kappa shape index (κ3) is 4.86. The van der Waals surface area contributed by atoms with E-state index in [2.05, 4.69) is 9.46 Å². The molecule has 0 radical (unpaired) electrons. The van der Waals surface area contributed by atoms with Crippen molar-refractivity contribution in [1.29, 1.82) is 0 Å². The highest BCUT2D eigenvalue weighted by atomic mass is 32.2. The zero-order valence-electron chi connectivity index (χ0n) is 10.2. The number of hydrogen-bond acceptors (Lipinski definition) is 5. The van der Waals surface area contributed by atoms with Crippen molar-refractivity contribution in [2.45, 2.75) is 24.9 Å². The third-order valence-electron chi connectivity index (χ3n) is 2.15. The molecule has 0 aliphatic carbocycles. The van der Waals surface area contributed by atoms with Gasteiger partial charge in [0.25, 0.3) is 6.43 Å². The number of furan rings is 1. The van der Waals surface area contributed by atoms with Crippen molar-refractivity contribution in [2.75, 3.05) is 19.8 Å². The minimum absolute atomic E-state index is 0.0922. The summed E-state index contributed by atoms with van der Waals surface area (Å²) in [6.07, 6.45) is -2.58. The summed E-state index contributed by atoms with van der Waals surface area (Å²) < 4.78 is 58.9. The molecule has 0 spiro atoms. The maximum absolute atomic E-state index is 11.8. The van der Waals surface area contributed by atoms with Crippen LogP contribution in [0, 0.1) is 6.92 Å². The Bertz CT molecular complexity index is 500. The maximum Gasteiger partial charge on any atom is 0.261 e. The Kier molecular flexibility index (Phi) is 5.85. The van der Waals surface area contributed by atoms with Crippen LogP contribution in [0.25, 0.3) is 0 Å². The van der Waals surface area contributed by atoms with Gasteiger partial charge in [-0.3, -0.25) is 0 Å². The first-order valence-corrected chi connectivity index (χ1v) is 6.91. The van der Waals surface area contributed by atoms with E-state index < -0.39 is 29.7 Å². The van der Waals surface area contributed by atoms with E-state index in [0.717, 1.165) is 0 Å². The number of aryl methyl sites for hydroxylation is 1. The molecular formula is C10H15F2NO5S. The fraction of sp³-hybridized carbons (Fsp3) is 0.600. The van der Waals surface area contributed by atoms with Gasteiger partial charge in [0.2, 0.25) is 10.0 Å². The SMILES string of the molecule is Cc1oc(CO)cc1S(=O)(=O)NCCOCC(F)F. The van der Waals surface area contributed by atoms with Crippen LogP contribution in [-0.4, -0.2) is 39.7 Å². The lowest BCUT2D eigenvalue weighted by Gasteiger charge is -2.06. The highest BCUT2D eigenvalue weighted by Gasteiger charge is 2.20. The number of rotatable bonds is 8. The zero-order valence-corrected chi connectivity index (χ0v) is 11.0. The highest BCUT2D eigenvalue weighted by molar-refractivity contribution is 7.89. The van der Waals surface area contributed by atoms with Crippen LogP contribution < -0.4 is 4.72 Å². The zero-order chi connectivity index (χ0) is 14.5. The van der Waals surface area contributed by atoms with Crippen LogP contribution in [0.3, 0.4) is 0 Å². The first-order valence-electron chi connectivity index (χ1n) is 5.42. The Hall–Kier alpha value is -1.03. The van der Waals surface area contributed by atoms with Crippen molar-refractivity contribution in [3.8, 4) is 0 Å². The molecule has 1 rings (SSSR count). The Labute approximate surface area is 109 Å². The Morgan fingerprint density at radius 2 is 2.21 bits per heavy atom. The Balaban J connectivity index is 2.53. The van der Waals surface area contributed by atoms with E-state index in [1.807, 2.05) is 0 Å². The topological polar surface area (TPSA) is 88.8 Å². The summed E-state index contributed by atoms with van der Waals surface area (Å²) in [5, 5.41) is 8.84. The molecule has 1 aromatic heterocycles. The van der Waals surface area contributed by atoms with Crippen LogP contribution in [0.2, 0.25) is 0 Å². The molecule has 6 nitrogen and oxygen atoms in total. The molecule has 0 unspecified atom stereocenters. The number of aliphatic hydroxyl groups excluding tert-OH is 1. The van der Waals surface area contributed by atoms with Crippen molar-refractivity contribution >= 4 is 10.0 Å². The molecule has 1 aromatic rings. The summed E-state index contributed by atoms with van der Waals surface area (Å²) in [5.41, 5.74) is 0. The van der Waals surface area contributed by atoms with Crippen molar-refractivity contribution in [1.82, 2.24) is 4.72 Å². The third-order valence-corrected chi connectivity index (χ3v) is 3.72. The van der Waals surface area contributed by atoms with Crippen LogP contribution in [0.4, 0.5) is 8.78 Å². The Morgan fingerprint density at radius 1 is 1.53 bits per heavy atom. The van der Waals surface area contributed by atoms with Gasteiger partial charge in [0, 0.05) is 12.6 Å². The van der Waals surface area contributed by atoms with E-state index in [-0.39, 0.29) is 29.6 Å². The molecule has 0 aromatic carbocycles. The molecule has 0 saturated heterocycles. The lowest BCUT2D eigenvalue weighted by molar-refractivity contribution is 0.0199. The predicted octanol–water partition coefficient (Wildman–Crippen LogP) is 0.640. The number of hydrogen-bond donors (Lipinski definition) is 2. The number of aliphatic hydroxyl groups is 1. The minimum atomic E-state index is -3.80. The van der Waals surface area contributed by atoms with Gasteiger partial charge in [0.1, 0.15) is 29.6 Å². The average Bonchev–Trinajstić information content (AvgIpc) is 2.70. The molecule has 19 heavy (non-hydrogen) atoms. The van der Waals surface area contributed by atoms with E-state index in [1.165, 1.54) is 13.0 Å². The van der Waals surface area contributed by atoms with Crippen molar-refractivity contribution in [2.24, 2.45) is 0 Å². The standard InChI is InChI=1S/C10H15F2NO5S/c1-7-9(4-8(5-14)18-7)19(15,16)13-2-3-17-6-10(11)12/h4,10,13-14H,2-3,5-6H2,1H3. The van der Waals surface area contributed by atoms with Gasteiger partial charge >= 0.3 is 0 Å². The lowest BCUT2D eigenvalue weighted by atomic mass is 10.4. The summed E-state index contributed by atoms with van der Waals surface area (Å²) in [4.78, 5) is -0.0922. The van der Waals surface area contributed by atoms with Crippen molar-refractivity contribution in [3.05, 3.63) is 17.6 Å². The van der Waals surface area contributed by atoms with Gasteiger partial charge in [-0.25, -0.2) is 21.9 Å². The van der Waals surface area contributed by atoms with Gasteiger partial charge in [-0.15, -0.1) is 0 Å². The molecule has 110 valence electrons. The summed E-state index contributed by atoms with van der Waals surface area (Å²) in [5.74, 6) is 0.275. The van der Waals surface area contributed by atoms with E-state index in [0.29, 0.717) is 0 Å². The van der Waals surface area contributed by atoms with E-state index in [1.54, 1.807) is 0 Å². The number of ether oxygens (including phenoxy) is 1. The van der Waals surface area contributed by atoms with Crippen LogP contribution in [0.5, 0.6) is 0 Å². The van der Waals surface area contributed by atoms with Crippen molar-refractivity contribution in [3.63, 3.8) is 0 Å². The van der Waals surface area contributed by atoms with Gasteiger partial charge in [0.05, 0.1) is 6.61 Å². The molecule has 0 saturated carbocycles. The molecule has 0 aliphatic heterocycles. The van der Waals surface area contributed by atoms with Gasteiger partial charge in [0.15, 0.2) is 0 Å². The number of sulfonamides is 1. The highest BCUT2D eigenvalue weighted by Crippen LogP contribution is 2.19. The molecule has 0 bridgehead atoms. The molecule has 9 heteroatoms. The molecule has 0 aliphatic rings. The summed E-state index contributed by atoms with van der Waals surface area (Å²) >= 11 is 0. The first kappa shape index (κ1) is 16.0. The second-order valence-corrected chi connectivity index (χ2v) is 5.39. The molecule has 2 N–H and O–H groups in total. The molecule has 0 atom stereocenters. The van der Waals surface area contributed by atoms with E-state index in [4.69, 9.17) is 9.52 Å². The summed E-state index contributed by atoms with van der Waals surface area (Å²) in [6.45, 7) is 0.0114. The monoisotopic (exact) mass is 299 g/mol. The van der Waals surface area contributed by atoms with Gasteiger partial charge < -0.3 is 14.3 Å². The van der Waals surface area contributed by atoms with Crippen LogP contribution in [0.15, 0.2) is 15.4 Å². The number of nitrogens with one attached hydrogen (secondary N) is 1. The molecule has 1 heterocycles. The second kappa shape index (κ2) is 6.94. The van der Waals surface area contributed by atoms with Crippen LogP contribution in [0.1, 0.15) is 11.5 Å². The smallest absolute Gasteiger partial charge is 0.261 e. The molecule has 0 fully saturated rings. The van der Waals surface area contributed by atoms with Crippen LogP contribution in [-0.2, 0) is 21.4 Å². The molecule has 0 amide bonds. The van der Waals surface area contributed by atoms with Crippen molar-refractivity contribution < 1.29 is 31.5 Å². The first-order chi connectivity index (χ1) is 8.86. The number of halogens is 2. The predicted molar refractivity (Wildman–Crippen MR) is 61.4 cm³/mol. The maximum atomic E-state index is 11.8. The lowest BCUT2D eigenvalue weighted by Crippen LogP contribution is -2.28. The fourth-order valence-corrected chi connectivity index (χ4v) is 2.58. The molecular weight excluding hydrogens is 284 g/mol. The van der Waals surface area contributed by atoms with Gasteiger partial charge in [-0.2, -0.15) is 0 Å². The van der Waals surface area contributed by atoms with Crippen LogP contribution >= 0.6 is 0 Å². The van der Waals surface area contributed by atoms with E-state index >= 15 is 0 Å². The Morgan fingerprint density at radius 3 is 2.74 bits per heavy atom. The normalized spacial score (nSPS) is 12.3. The largest absolute Gasteiger partial charge is 0.462 e. The van der Waals surface area contributed by atoms with Gasteiger partial charge in [-0.05, 0) is 6.92 Å². The summed E-state index contributed by atoms with van der Waals surface area (Å²) in [7, 11) is -3.80. The van der Waals surface area contributed by atoms with E-state index in [9.17, 15) is 17.2 Å². The fourth-order valence-electron chi connectivity index (χ4n) is 1.37. The summed E-state index contributed by atoms with van der Waals surface area (Å²) in [6, 6.07) is 1.21. The second-order valence-electron chi connectivity index (χ2n) is 3.66. The average molecular weight is 299 g/mol.